The highest BCUT2D eigenvalue weighted by atomic mass is 32.2. The summed E-state index contributed by atoms with van der Waals surface area (Å²) in [6.45, 7) is 0. The van der Waals surface area contributed by atoms with E-state index >= 15 is 0 Å². The van der Waals surface area contributed by atoms with Crippen LogP contribution in [0, 0.1) is 5.92 Å². The lowest BCUT2D eigenvalue weighted by Crippen LogP contribution is -2.50. The molecular weight excluding hydrogens is 416 g/mol. The minimum absolute atomic E-state index is 0.0772. The number of aromatic nitrogens is 1. The van der Waals surface area contributed by atoms with Crippen molar-refractivity contribution in [2.24, 2.45) is 5.92 Å². The molecule has 2 fully saturated rings. The minimum atomic E-state index is -3.86. The predicted octanol–water partition coefficient (Wildman–Crippen LogP) is 1.94. The van der Waals surface area contributed by atoms with Gasteiger partial charge in [0, 0.05) is 18.8 Å². The van der Waals surface area contributed by atoms with Crippen LogP contribution in [0.3, 0.4) is 0 Å². The van der Waals surface area contributed by atoms with Gasteiger partial charge in [0.1, 0.15) is 11.9 Å². The number of aryl methyl sites for hydroxylation is 1. The molecule has 1 aliphatic heterocycles. The summed E-state index contributed by atoms with van der Waals surface area (Å²) < 4.78 is 27.4. The molecule has 9 heteroatoms. The van der Waals surface area contributed by atoms with Crippen molar-refractivity contribution >= 4 is 27.7 Å². The van der Waals surface area contributed by atoms with Crippen LogP contribution in [0.5, 0.6) is 0 Å². The lowest BCUT2D eigenvalue weighted by molar-refractivity contribution is -0.144. The molecule has 0 unspecified atom stereocenters. The fourth-order valence-corrected chi connectivity index (χ4v) is 5.45. The molecule has 1 saturated carbocycles. The van der Waals surface area contributed by atoms with Gasteiger partial charge in [-0.05, 0) is 55.9 Å². The fourth-order valence-electron chi connectivity index (χ4n) is 4.24. The smallest absolute Gasteiger partial charge is 0.248 e. The van der Waals surface area contributed by atoms with Crippen LogP contribution < -0.4 is 10.0 Å². The van der Waals surface area contributed by atoms with E-state index in [2.05, 4.69) is 15.0 Å². The van der Waals surface area contributed by atoms with E-state index in [0.717, 1.165) is 37.2 Å². The Bertz CT molecular complexity index is 1070. The van der Waals surface area contributed by atoms with E-state index in [-0.39, 0.29) is 23.3 Å². The van der Waals surface area contributed by atoms with Gasteiger partial charge in [-0.3, -0.25) is 14.5 Å². The highest BCUT2D eigenvalue weighted by Gasteiger charge is 2.47. The number of carbonyl (C=O) groups excluding carboxylic acids is 2. The maximum absolute atomic E-state index is 12.8. The molecule has 2 amide bonds. The molecule has 0 bridgehead atoms. The fraction of sp³-hybridized carbons (Fsp3) is 0.409. The van der Waals surface area contributed by atoms with Crippen molar-refractivity contribution in [3.8, 4) is 0 Å². The van der Waals surface area contributed by atoms with Crippen LogP contribution >= 0.6 is 0 Å². The molecule has 1 atom stereocenters. The summed E-state index contributed by atoms with van der Waals surface area (Å²) in [4.78, 5) is 31.1. The number of sulfonamides is 1. The molecule has 31 heavy (non-hydrogen) atoms. The zero-order valence-electron chi connectivity index (χ0n) is 17.3. The van der Waals surface area contributed by atoms with E-state index in [1.165, 1.54) is 17.0 Å². The average Bonchev–Trinajstić information content (AvgIpc) is 3.00. The number of pyridine rings is 1. The molecule has 0 radical (unpaired) electrons. The second-order valence-corrected chi connectivity index (χ2v) is 9.80. The number of rotatable bonds is 8. The molecular formula is C22H26N4O4S. The Morgan fingerprint density at radius 3 is 2.52 bits per heavy atom. The van der Waals surface area contributed by atoms with Gasteiger partial charge >= 0.3 is 0 Å². The summed E-state index contributed by atoms with van der Waals surface area (Å²) in [5.74, 6) is 0.501. The Kier molecular flexibility index (Phi) is 6.06. The van der Waals surface area contributed by atoms with E-state index < -0.39 is 22.0 Å². The first kappa shape index (κ1) is 21.5. The Morgan fingerprint density at radius 1 is 1.06 bits per heavy atom. The summed E-state index contributed by atoms with van der Waals surface area (Å²) in [6, 6.07) is 12.5. The van der Waals surface area contributed by atoms with E-state index in [9.17, 15) is 18.0 Å². The number of nitrogens with zero attached hydrogens (tertiary/aromatic N) is 2. The van der Waals surface area contributed by atoms with Gasteiger partial charge in [0.15, 0.2) is 0 Å². The molecule has 1 aromatic heterocycles. The van der Waals surface area contributed by atoms with Gasteiger partial charge in [0.05, 0.1) is 11.3 Å². The highest BCUT2D eigenvalue weighted by Crippen LogP contribution is 2.37. The summed E-state index contributed by atoms with van der Waals surface area (Å²) >= 11 is 0. The van der Waals surface area contributed by atoms with Gasteiger partial charge in [-0.1, -0.05) is 24.3 Å². The van der Waals surface area contributed by atoms with Gasteiger partial charge in [0.25, 0.3) is 0 Å². The monoisotopic (exact) mass is 442 g/mol. The molecule has 2 aliphatic rings. The van der Waals surface area contributed by atoms with Crippen molar-refractivity contribution in [1.82, 2.24) is 14.6 Å². The number of anilines is 1. The number of benzene rings is 1. The number of hydrogen-bond donors (Lipinski definition) is 2. The number of amides is 2. The topological polar surface area (TPSA) is 108 Å². The first-order valence-electron chi connectivity index (χ1n) is 10.4. The third-order valence-corrected chi connectivity index (χ3v) is 7.47. The molecule has 1 aromatic carbocycles. The second-order valence-electron chi connectivity index (χ2n) is 8.09. The van der Waals surface area contributed by atoms with Crippen molar-refractivity contribution in [2.75, 3.05) is 12.4 Å². The maximum atomic E-state index is 12.8. The molecule has 2 N–H and O–H groups in total. The minimum Gasteiger partial charge on any atom is -0.373 e. The first-order valence-corrected chi connectivity index (χ1v) is 11.9. The summed E-state index contributed by atoms with van der Waals surface area (Å²) in [7, 11) is -2.02. The van der Waals surface area contributed by atoms with Crippen molar-refractivity contribution in [3.05, 3.63) is 54.2 Å². The molecule has 0 spiro atoms. The molecule has 1 aliphatic carbocycles. The van der Waals surface area contributed by atoms with Crippen molar-refractivity contribution in [3.63, 3.8) is 0 Å². The zero-order valence-corrected chi connectivity index (χ0v) is 18.1. The normalized spacial score (nSPS) is 23.6. The SMILES string of the molecule is CNc1cccc(CCC2CC(N3C(=O)C[C@H](NS(=O)(=O)c4ccccc4)C3=O)C2)n1. The number of likely N-dealkylation sites (tertiary alicyclic amines) is 1. The number of carbonyl (C=O) groups is 2. The van der Waals surface area contributed by atoms with Crippen LogP contribution in [0.25, 0.3) is 0 Å². The summed E-state index contributed by atoms with van der Waals surface area (Å²) in [6.07, 6.45) is 3.15. The molecule has 2 heterocycles. The van der Waals surface area contributed by atoms with Gasteiger partial charge in [-0.25, -0.2) is 13.4 Å². The quantitative estimate of drug-likeness (QED) is 0.605. The van der Waals surface area contributed by atoms with Gasteiger partial charge < -0.3 is 5.32 Å². The van der Waals surface area contributed by atoms with E-state index in [1.807, 2.05) is 25.2 Å². The molecule has 2 aromatic rings. The van der Waals surface area contributed by atoms with Crippen LogP contribution in [0.1, 0.15) is 31.4 Å². The van der Waals surface area contributed by atoms with Gasteiger partial charge in [-0.15, -0.1) is 0 Å². The second kappa shape index (κ2) is 8.76. The van der Waals surface area contributed by atoms with Crippen LogP contribution in [-0.2, 0) is 26.0 Å². The summed E-state index contributed by atoms with van der Waals surface area (Å²) in [5, 5.41) is 3.03. The van der Waals surface area contributed by atoms with Crippen LogP contribution in [0.2, 0.25) is 0 Å². The number of imide groups is 1. The third-order valence-electron chi connectivity index (χ3n) is 5.98. The lowest BCUT2D eigenvalue weighted by atomic mass is 9.76. The third kappa shape index (κ3) is 4.62. The van der Waals surface area contributed by atoms with Crippen LogP contribution in [-0.4, -0.2) is 49.2 Å². The molecule has 8 nitrogen and oxygen atoms in total. The number of nitrogens with one attached hydrogen (secondary N) is 2. The average molecular weight is 443 g/mol. The molecule has 1 saturated heterocycles. The largest absolute Gasteiger partial charge is 0.373 e. The van der Waals surface area contributed by atoms with E-state index in [0.29, 0.717) is 5.92 Å². The Balaban J connectivity index is 1.31. The van der Waals surface area contributed by atoms with E-state index in [4.69, 9.17) is 0 Å². The first-order chi connectivity index (χ1) is 14.9. The van der Waals surface area contributed by atoms with Crippen molar-refractivity contribution in [2.45, 2.75) is 49.1 Å². The molecule has 4 rings (SSSR count). The van der Waals surface area contributed by atoms with Crippen molar-refractivity contribution < 1.29 is 18.0 Å². The van der Waals surface area contributed by atoms with Crippen LogP contribution in [0.15, 0.2) is 53.4 Å². The summed E-state index contributed by atoms with van der Waals surface area (Å²) in [5.41, 5.74) is 1.01. The Hall–Kier alpha value is -2.78. The van der Waals surface area contributed by atoms with Gasteiger partial charge in [0.2, 0.25) is 21.8 Å². The van der Waals surface area contributed by atoms with Gasteiger partial charge in [-0.2, -0.15) is 4.72 Å². The van der Waals surface area contributed by atoms with Crippen molar-refractivity contribution in [1.29, 1.82) is 0 Å². The lowest BCUT2D eigenvalue weighted by Gasteiger charge is -2.40. The Morgan fingerprint density at radius 2 is 1.81 bits per heavy atom. The van der Waals surface area contributed by atoms with E-state index in [1.54, 1.807) is 18.2 Å². The standard InChI is InChI=1S/C22H26N4O4S/c1-23-20-9-5-6-16(24-20)11-10-15-12-17(13-15)26-21(27)14-19(22(26)28)25-31(29,30)18-7-3-2-4-8-18/h2-9,15,17,19,25H,10-14H2,1H3,(H,23,24)/t15?,17?,19-/m0/s1. The Labute approximate surface area is 182 Å². The number of hydrogen-bond acceptors (Lipinski definition) is 6. The zero-order chi connectivity index (χ0) is 22.0. The highest BCUT2D eigenvalue weighted by molar-refractivity contribution is 7.89. The predicted molar refractivity (Wildman–Crippen MR) is 116 cm³/mol. The molecule has 164 valence electrons. The van der Waals surface area contributed by atoms with Crippen LogP contribution in [0.4, 0.5) is 5.82 Å². The maximum Gasteiger partial charge on any atom is 0.248 e.